The van der Waals surface area contributed by atoms with Crippen LogP contribution >= 0.6 is 0 Å². The third kappa shape index (κ3) is 3.04. The number of rotatable bonds is 1. The predicted molar refractivity (Wildman–Crippen MR) is 83.1 cm³/mol. The lowest BCUT2D eigenvalue weighted by Gasteiger charge is -2.42. The van der Waals surface area contributed by atoms with Crippen LogP contribution in [-0.2, 0) is 5.41 Å². The van der Waals surface area contributed by atoms with Crippen LogP contribution in [0.1, 0.15) is 50.5 Å². The molecule has 110 valence electrons. The lowest BCUT2D eigenvalue weighted by molar-refractivity contribution is 0.0477. The van der Waals surface area contributed by atoms with Crippen molar-refractivity contribution in [1.82, 2.24) is 10.2 Å². The van der Waals surface area contributed by atoms with Crippen molar-refractivity contribution in [3.8, 4) is 0 Å². The Balaban J connectivity index is 2.21. The minimum atomic E-state index is -0.127. The van der Waals surface area contributed by atoms with Gasteiger partial charge in [0.15, 0.2) is 0 Å². The highest BCUT2D eigenvalue weighted by atomic mass is 16.2. The summed E-state index contributed by atoms with van der Waals surface area (Å²) in [5.74, 6) is 0.136. The summed E-state index contributed by atoms with van der Waals surface area (Å²) in [5.41, 5.74) is 2.04. The summed E-state index contributed by atoms with van der Waals surface area (Å²) >= 11 is 0. The van der Waals surface area contributed by atoms with E-state index in [2.05, 4.69) is 52.1 Å². The first kappa shape index (κ1) is 15.0. The quantitative estimate of drug-likeness (QED) is 0.854. The maximum Gasteiger partial charge on any atom is 0.254 e. The van der Waals surface area contributed by atoms with E-state index in [0.29, 0.717) is 0 Å². The minimum absolute atomic E-state index is 0.121. The van der Waals surface area contributed by atoms with Crippen LogP contribution in [0.2, 0.25) is 0 Å². The molecule has 1 saturated heterocycles. The average molecular weight is 274 g/mol. The van der Waals surface area contributed by atoms with E-state index in [-0.39, 0.29) is 16.9 Å². The van der Waals surface area contributed by atoms with Crippen molar-refractivity contribution in [2.24, 2.45) is 0 Å². The number of amides is 1. The van der Waals surface area contributed by atoms with Crippen molar-refractivity contribution in [3.05, 3.63) is 35.4 Å². The summed E-state index contributed by atoms with van der Waals surface area (Å²) < 4.78 is 0. The molecular formula is C17H26N2O. The SMILES string of the molecule is CC(C)(C)c1ccc(C(=O)N2CCNCC2(C)C)cc1. The number of benzene rings is 1. The summed E-state index contributed by atoms with van der Waals surface area (Å²) in [5, 5.41) is 3.35. The van der Waals surface area contributed by atoms with Crippen LogP contribution in [-0.4, -0.2) is 36.0 Å². The average Bonchev–Trinajstić information content (AvgIpc) is 2.36. The molecule has 2 rings (SSSR count). The van der Waals surface area contributed by atoms with Gasteiger partial charge in [0.2, 0.25) is 0 Å². The Labute approximate surface area is 122 Å². The Kier molecular flexibility index (Phi) is 3.92. The molecular weight excluding hydrogens is 248 g/mol. The maximum absolute atomic E-state index is 12.7. The van der Waals surface area contributed by atoms with Crippen molar-refractivity contribution < 1.29 is 4.79 Å². The summed E-state index contributed by atoms with van der Waals surface area (Å²) in [6.07, 6.45) is 0. The first-order chi connectivity index (χ1) is 9.22. The van der Waals surface area contributed by atoms with Crippen molar-refractivity contribution in [1.29, 1.82) is 0 Å². The van der Waals surface area contributed by atoms with Crippen molar-refractivity contribution in [3.63, 3.8) is 0 Å². The maximum atomic E-state index is 12.7. The zero-order valence-electron chi connectivity index (χ0n) is 13.3. The second-order valence-corrected chi connectivity index (χ2v) is 7.27. The highest BCUT2D eigenvalue weighted by Crippen LogP contribution is 2.24. The van der Waals surface area contributed by atoms with Crippen LogP contribution in [0.4, 0.5) is 0 Å². The third-order valence-electron chi connectivity index (χ3n) is 4.04. The molecule has 0 spiro atoms. The summed E-state index contributed by atoms with van der Waals surface area (Å²) in [4.78, 5) is 14.7. The number of nitrogens with one attached hydrogen (secondary N) is 1. The van der Waals surface area contributed by atoms with E-state index in [4.69, 9.17) is 0 Å². The molecule has 3 heteroatoms. The van der Waals surface area contributed by atoms with Gasteiger partial charge in [0.05, 0.1) is 5.54 Å². The highest BCUT2D eigenvalue weighted by molar-refractivity contribution is 5.94. The zero-order chi connectivity index (χ0) is 15.0. The fourth-order valence-corrected chi connectivity index (χ4v) is 2.63. The van der Waals surface area contributed by atoms with Crippen LogP contribution in [0.15, 0.2) is 24.3 Å². The molecule has 0 saturated carbocycles. The molecule has 1 aliphatic rings. The molecule has 0 radical (unpaired) electrons. The first-order valence-electron chi connectivity index (χ1n) is 7.35. The molecule has 1 fully saturated rings. The standard InChI is InChI=1S/C17H26N2O/c1-16(2,3)14-8-6-13(7-9-14)15(20)19-11-10-18-12-17(19,4)5/h6-9,18H,10-12H2,1-5H3. The van der Waals surface area contributed by atoms with Gasteiger partial charge < -0.3 is 10.2 Å². The summed E-state index contributed by atoms with van der Waals surface area (Å²) in [6.45, 7) is 13.3. The Bertz CT molecular complexity index is 483. The van der Waals surface area contributed by atoms with Gasteiger partial charge in [-0.05, 0) is 37.0 Å². The molecule has 1 aromatic rings. The van der Waals surface area contributed by atoms with Gasteiger partial charge in [-0.2, -0.15) is 0 Å². The Morgan fingerprint density at radius 1 is 1.20 bits per heavy atom. The van der Waals surface area contributed by atoms with Crippen molar-refractivity contribution in [2.45, 2.75) is 45.6 Å². The fraction of sp³-hybridized carbons (Fsp3) is 0.588. The van der Waals surface area contributed by atoms with Crippen LogP contribution in [0.3, 0.4) is 0 Å². The molecule has 1 N–H and O–H groups in total. The van der Waals surface area contributed by atoms with Gasteiger partial charge in [-0.1, -0.05) is 32.9 Å². The zero-order valence-corrected chi connectivity index (χ0v) is 13.3. The molecule has 0 unspecified atom stereocenters. The van der Waals surface area contributed by atoms with Crippen LogP contribution in [0.5, 0.6) is 0 Å². The number of nitrogens with zero attached hydrogens (tertiary/aromatic N) is 1. The van der Waals surface area contributed by atoms with Gasteiger partial charge in [0.25, 0.3) is 5.91 Å². The number of hydrogen-bond donors (Lipinski definition) is 1. The summed E-state index contributed by atoms with van der Waals surface area (Å²) in [7, 11) is 0. The number of carbonyl (C=O) groups excluding carboxylic acids is 1. The minimum Gasteiger partial charge on any atom is -0.331 e. The molecule has 3 nitrogen and oxygen atoms in total. The second kappa shape index (κ2) is 5.21. The van der Waals surface area contributed by atoms with Gasteiger partial charge in [-0.15, -0.1) is 0 Å². The molecule has 0 atom stereocenters. The fourth-order valence-electron chi connectivity index (χ4n) is 2.63. The molecule has 1 aliphatic heterocycles. The Morgan fingerprint density at radius 2 is 1.80 bits per heavy atom. The van der Waals surface area contributed by atoms with E-state index in [1.807, 2.05) is 17.0 Å². The van der Waals surface area contributed by atoms with Gasteiger partial charge >= 0.3 is 0 Å². The third-order valence-corrected chi connectivity index (χ3v) is 4.04. The number of piperazine rings is 1. The van der Waals surface area contributed by atoms with Gasteiger partial charge in [-0.25, -0.2) is 0 Å². The van der Waals surface area contributed by atoms with Gasteiger partial charge in [0, 0.05) is 25.2 Å². The monoisotopic (exact) mass is 274 g/mol. The molecule has 1 heterocycles. The largest absolute Gasteiger partial charge is 0.331 e. The predicted octanol–water partition coefficient (Wildman–Crippen LogP) is 2.81. The van der Waals surface area contributed by atoms with E-state index >= 15 is 0 Å². The van der Waals surface area contributed by atoms with E-state index in [9.17, 15) is 4.79 Å². The van der Waals surface area contributed by atoms with Crippen LogP contribution in [0, 0.1) is 0 Å². The van der Waals surface area contributed by atoms with Crippen molar-refractivity contribution in [2.75, 3.05) is 19.6 Å². The lowest BCUT2D eigenvalue weighted by atomic mass is 9.86. The molecule has 1 amide bonds. The molecule has 1 aromatic carbocycles. The van der Waals surface area contributed by atoms with Crippen molar-refractivity contribution >= 4 is 5.91 Å². The van der Waals surface area contributed by atoms with E-state index < -0.39 is 0 Å². The Hall–Kier alpha value is -1.35. The Morgan fingerprint density at radius 3 is 2.30 bits per heavy atom. The van der Waals surface area contributed by atoms with Gasteiger partial charge in [0.1, 0.15) is 0 Å². The summed E-state index contributed by atoms with van der Waals surface area (Å²) in [6, 6.07) is 8.06. The smallest absolute Gasteiger partial charge is 0.254 e. The topological polar surface area (TPSA) is 32.3 Å². The first-order valence-corrected chi connectivity index (χ1v) is 7.35. The number of hydrogen-bond acceptors (Lipinski definition) is 2. The van der Waals surface area contributed by atoms with Gasteiger partial charge in [-0.3, -0.25) is 4.79 Å². The van der Waals surface area contributed by atoms with E-state index in [1.54, 1.807) is 0 Å². The van der Waals surface area contributed by atoms with Crippen LogP contribution in [0.25, 0.3) is 0 Å². The molecule has 0 bridgehead atoms. The van der Waals surface area contributed by atoms with E-state index in [0.717, 1.165) is 25.2 Å². The van der Waals surface area contributed by atoms with E-state index in [1.165, 1.54) is 5.56 Å². The molecule has 0 aliphatic carbocycles. The molecule has 0 aromatic heterocycles. The molecule has 20 heavy (non-hydrogen) atoms. The number of carbonyl (C=O) groups is 1. The van der Waals surface area contributed by atoms with Crippen LogP contribution < -0.4 is 5.32 Å². The highest BCUT2D eigenvalue weighted by Gasteiger charge is 2.33. The second-order valence-electron chi connectivity index (χ2n) is 7.27. The normalized spacial score (nSPS) is 18.9. The lowest BCUT2D eigenvalue weighted by Crippen LogP contribution is -2.59.